The van der Waals surface area contributed by atoms with Crippen molar-refractivity contribution in [1.29, 1.82) is 0 Å². The number of rotatable bonds is 5. The van der Waals surface area contributed by atoms with Crippen LogP contribution in [0, 0.1) is 0 Å². The second-order valence-corrected chi connectivity index (χ2v) is 5.99. The summed E-state index contributed by atoms with van der Waals surface area (Å²) in [6.07, 6.45) is 7.27. The summed E-state index contributed by atoms with van der Waals surface area (Å²) in [6.45, 7) is 0.567. The van der Waals surface area contributed by atoms with Gasteiger partial charge in [-0.2, -0.15) is 0 Å². The Bertz CT molecular complexity index is 988. The van der Waals surface area contributed by atoms with Crippen LogP contribution in [0.25, 0.3) is 16.9 Å². The molecule has 3 aromatic heterocycles. The predicted octanol–water partition coefficient (Wildman–Crippen LogP) is 3.67. The van der Waals surface area contributed by atoms with Gasteiger partial charge < -0.3 is 14.6 Å². The molecule has 0 aliphatic rings. The van der Waals surface area contributed by atoms with Crippen LogP contribution in [0.3, 0.4) is 0 Å². The minimum atomic E-state index is 0.567. The Morgan fingerprint density at radius 1 is 1.16 bits per heavy atom. The maximum Gasteiger partial charge on any atom is 0.180 e. The van der Waals surface area contributed by atoms with Gasteiger partial charge in [0.1, 0.15) is 5.76 Å². The first-order valence-electron chi connectivity index (χ1n) is 8.08. The summed E-state index contributed by atoms with van der Waals surface area (Å²) in [5, 5.41) is 3.29. The Labute approximate surface area is 145 Å². The van der Waals surface area contributed by atoms with Gasteiger partial charge in [0, 0.05) is 37.7 Å². The van der Waals surface area contributed by atoms with Gasteiger partial charge >= 0.3 is 0 Å². The maximum atomic E-state index is 5.36. The molecule has 6 nitrogen and oxygen atoms in total. The lowest BCUT2D eigenvalue weighted by Crippen LogP contribution is -2.08. The highest BCUT2D eigenvalue weighted by Gasteiger charge is 2.11. The minimum Gasteiger partial charge on any atom is -0.467 e. The molecule has 0 spiro atoms. The number of aromatic nitrogens is 3. The fourth-order valence-electron chi connectivity index (χ4n) is 2.78. The van der Waals surface area contributed by atoms with Gasteiger partial charge in [0.2, 0.25) is 0 Å². The molecule has 0 bridgehead atoms. The van der Waals surface area contributed by atoms with E-state index in [-0.39, 0.29) is 0 Å². The van der Waals surface area contributed by atoms with Gasteiger partial charge in [-0.25, -0.2) is 9.97 Å². The molecule has 0 atom stereocenters. The zero-order chi connectivity index (χ0) is 17.2. The van der Waals surface area contributed by atoms with Crippen LogP contribution in [-0.4, -0.2) is 28.5 Å². The number of hydrogen-bond donors (Lipinski definition) is 1. The summed E-state index contributed by atoms with van der Waals surface area (Å²) in [5.41, 5.74) is 4.03. The van der Waals surface area contributed by atoms with E-state index in [0.29, 0.717) is 6.54 Å². The second-order valence-electron chi connectivity index (χ2n) is 5.99. The van der Waals surface area contributed by atoms with Gasteiger partial charge in [0.25, 0.3) is 0 Å². The number of nitrogens with zero attached hydrogens (tertiary/aromatic N) is 4. The Hall–Kier alpha value is -3.28. The van der Waals surface area contributed by atoms with Crippen LogP contribution in [-0.2, 0) is 6.54 Å². The van der Waals surface area contributed by atoms with E-state index in [0.717, 1.165) is 34.2 Å². The van der Waals surface area contributed by atoms with Crippen LogP contribution in [0.4, 0.5) is 11.5 Å². The largest absolute Gasteiger partial charge is 0.467 e. The first-order valence-corrected chi connectivity index (χ1v) is 8.08. The lowest BCUT2D eigenvalue weighted by Gasteiger charge is -2.15. The smallest absolute Gasteiger partial charge is 0.180 e. The van der Waals surface area contributed by atoms with E-state index in [1.54, 1.807) is 12.5 Å². The molecule has 0 radical (unpaired) electrons. The highest BCUT2D eigenvalue weighted by Crippen LogP contribution is 2.26. The zero-order valence-electron chi connectivity index (χ0n) is 14.2. The van der Waals surface area contributed by atoms with Gasteiger partial charge in [-0.05, 0) is 24.3 Å². The third kappa shape index (κ3) is 2.94. The molecule has 0 unspecified atom stereocenters. The average molecular weight is 333 g/mol. The fourth-order valence-corrected chi connectivity index (χ4v) is 2.78. The molecule has 25 heavy (non-hydrogen) atoms. The number of hydrogen-bond acceptors (Lipinski definition) is 5. The van der Waals surface area contributed by atoms with E-state index < -0.39 is 0 Å². The van der Waals surface area contributed by atoms with Gasteiger partial charge in [-0.1, -0.05) is 12.1 Å². The molecule has 126 valence electrons. The number of anilines is 2. The molecular weight excluding hydrogens is 314 g/mol. The van der Waals surface area contributed by atoms with Crippen LogP contribution >= 0.6 is 0 Å². The third-order valence-electron chi connectivity index (χ3n) is 4.10. The quantitative estimate of drug-likeness (QED) is 0.604. The molecule has 0 saturated heterocycles. The Morgan fingerprint density at radius 2 is 2.08 bits per heavy atom. The lowest BCUT2D eigenvalue weighted by atomic mass is 10.1. The third-order valence-corrected chi connectivity index (χ3v) is 4.10. The van der Waals surface area contributed by atoms with Crippen molar-refractivity contribution in [2.75, 3.05) is 24.3 Å². The number of imidazole rings is 1. The van der Waals surface area contributed by atoms with Crippen LogP contribution in [0.1, 0.15) is 5.76 Å². The Kier molecular flexibility index (Phi) is 3.85. The maximum absolute atomic E-state index is 5.36. The van der Waals surface area contributed by atoms with E-state index in [1.807, 2.05) is 43.0 Å². The summed E-state index contributed by atoms with van der Waals surface area (Å²) >= 11 is 0. The molecule has 1 aromatic carbocycles. The van der Waals surface area contributed by atoms with Gasteiger partial charge in [-0.15, -0.1) is 0 Å². The molecule has 0 saturated carbocycles. The topological polar surface area (TPSA) is 58.6 Å². The van der Waals surface area contributed by atoms with Crippen molar-refractivity contribution in [3.63, 3.8) is 0 Å². The van der Waals surface area contributed by atoms with Gasteiger partial charge in [0.05, 0.1) is 24.7 Å². The molecule has 0 aliphatic heterocycles. The Morgan fingerprint density at radius 3 is 2.88 bits per heavy atom. The first kappa shape index (κ1) is 15.3. The highest BCUT2D eigenvalue weighted by atomic mass is 16.3. The van der Waals surface area contributed by atoms with Crippen molar-refractivity contribution in [3.8, 4) is 11.3 Å². The summed E-state index contributed by atoms with van der Waals surface area (Å²) in [4.78, 5) is 11.1. The fraction of sp³-hybridized carbons (Fsp3) is 0.158. The molecule has 4 aromatic rings. The van der Waals surface area contributed by atoms with E-state index in [4.69, 9.17) is 4.42 Å². The van der Waals surface area contributed by atoms with E-state index in [1.165, 1.54) is 0 Å². The highest BCUT2D eigenvalue weighted by molar-refractivity contribution is 5.72. The van der Waals surface area contributed by atoms with E-state index >= 15 is 0 Å². The molecule has 0 fully saturated rings. The molecule has 0 amide bonds. The second kappa shape index (κ2) is 6.32. The summed E-state index contributed by atoms with van der Waals surface area (Å²) < 4.78 is 7.40. The number of furan rings is 1. The number of benzene rings is 1. The van der Waals surface area contributed by atoms with Crippen LogP contribution < -0.4 is 10.2 Å². The van der Waals surface area contributed by atoms with Crippen molar-refractivity contribution >= 4 is 17.2 Å². The SMILES string of the molecule is CN(C)c1cccc(-c2cnc(NCc3ccco3)c3nccn23)c1. The number of fused-ring (bicyclic) bond motifs is 1. The molecule has 1 N–H and O–H groups in total. The molecule has 3 heterocycles. The first-order chi connectivity index (χ1) is 12.2. The van der Waals surface area contributed by atoms with Crippen molar-refractivity contribution in [2.45, 2.75) is 6.54 Å². The van der Waals surface area contributed by atoms with Crippen molar-refractivity contribution in [1.82, 2.24) is 14.4 Å². The molecule has 0 aliphatic carbocycles. The van der Waals surface area contributed by atoms with Gasteiger partial charge in [-0.3, -0.25) is 4.40 Å². The van der Waals surface area contributed by atoms with Crippen molar-refractivity contribution in [3.05, 3.63) is 67.0 Å². The summed E-state index contributed by atoms with van der Waals surface area (Å²) in [6, 6.07) is 12.2. The average Bonchev–Trinajstić information content (AvgIpc) is 3.31. The summed E-state index contributed by atoms with van der Waals surface area (Å²) in [7, 11) is 4.07. The van der Waals surface area contributed by atoms with Crippen molar-refractivity contribution < 1.29 is 4.42 Å². The van der Waals surface area contributed by atoms with Crippen LogP contribution in [0.5, 0.6) is 0 Å². The van der Waals surface area contributed by atoms with Crippen molar-refractivity contribution in [2.24, 2.45) is 0 Å². The molecule has 4 rings (SSSR count). The van der Waals surface area contributed by atoms with E-state index in [2.05, 4.69) is 44.5 Å². The van der Waals surface area contributed by atoms with E-state index in [9.17, 15) is 0 Å². The number of nitrogens with one attached hydrogen (secondary N) is 1. The predicted molar refractivity (Wildman–Crippen MR) is 98.8 cm³/mol. The monoisotopic (exact) mass is 333 g/mol. The van der Waals surface area contributed by atoms with Crippen LogP contribution in [0.2, 0.25) is 0 Å². The zero-order valence-corrected chi connectivity index (χ0v) is 14.2. The van der Waals surface area contributed by atoms with Crippen LogP contribution in [0.15, 0.2) is 65.7 Å². The molecule has 6 heteroatoms. The minimum absolute atomic E-state index is 0.567. The molecular formula is C19H19N5O. The standard InChI is InChI=1S/C19H19N5O/c1-23(2)15-6-3-5-14(11-15)17-13-22-18(19-20-8-9-24(17)19)21-12-16-7-4-10-25-16/h3-11,13H,12H2,1-2H3,(H,21,22). The lowest BCUT2D eigenvalue weighted by molar-refractivity contribution is 0.518. The Balaban J connectivity index is 1.71. The van der Waals surface area contributed by atoms with Gasteiger partial charge in [0.15, 0.2) is 11.5 Å². The summed E-state index contributed by atoms with van der Waals surface area (Å²) in [5.74, 6) is 1.59. The normalized spacial score (nSPS) is 11.0.